The highest BCUT2D eigenvalue weighted by molar-refractivity contribution is 5.74. The largest absolute Gasteiger partial charge is 0.481 e. The van der Waals surface area contributed by atoms with E-state index in [0.29, 0.717) is 19.6 Å². The van der Waals surface area contributed by atoms with E-state index in [1.165, 1.54) is 0 Å². The number of carbonyl (C=O) groups excluding carboxylic acids is 1. The minimum atomic E-state index is -0.845. The fourth-order valence-corrected chi connectivity index (χ4v) is 2.35. The number of aliphatic carboxylic acids is 1. The average molecular weight is 272 g/mol. The molecular weight excluding hydrogens is 248 g/mol. The Morgan fingerprint density at radius 1 is 1.53 bits per heavy atom. The molecule has 0 aromatic rings. The molecule has 0 aromatic heterocycles. The molecule has 19 heavy (non-hydrogen) atoms. The van der Waals surface area contributed by atoms with Crippen molar-refractivity contribution in [3.63, 3.8) is 0 Å². The number of carboxylic acids is 1. The molecule has 2 amide bonds. The predicted octanol–water partition coefficient (Wildman–Crippen LogP) is 1.31. The van der Waals surface area contributed by atoms with Gasteiger partial charge < -0.3 is 20.1 Å². The van der Waals surface area contributed by atoms with Crippen molar-refractivity contribution < 1.29 is 19.4 Å². The Bertz CT molecular complexity index is 344. The second-order valence-corrected chi connectivity index (χ2v) is 5.96. The van der Waals surface area contributed by atoms with Crippen molar-refractivity contribution in [3.05, 3.63) is 0 Å². The lowest BCUT2D eigenvalue weighted by atomic mass is 10.1. The van der Waals surface area contributed by atoms with Crippen LogP contribution in [0.4, 0.5) is 4.79 Å². The smallest absolute Gasteiger partial charge is 0.317 e. The van der Waals surface area contributed by atoms with Crippen LogP contribution >= 0.6 is 0 Å². The summed E-state index contributed by atoms with van der Waals surface area (Å²) in [4.78, 5) is 24.3. The van der Waals surface area contributed by atoms with Crippen LogP contribution in [0.5, 0.6) is 0 Å². The summed E-state index contributed by atoms with van der Waals surface area (Å²) in [6.07, 6.45) is 0.0663. The lowest BCUT2D eigenvalue weighted by Gasteiger charge is -2.41. The number of ether oxygens (including phenoxy) is 1. The average Bonchev–Trinajstić information content (AvgIpc) is 2.22. The first-order chi connectivity index (χ1) is 8.69. The molecule has 1 rings (SSSR count). The molecule has 6 nitrogen and oxygen atoms in total. The number of nitrogens with one attached hydrogen (secondary N) is 1. The van der Waals surface area contributed by atoms with E-state index < -0.39 is 5.97 Å². The van der Waals surface area contributed by atoms with Gasteiger partial charge in [-0.3, -0.25) is 4.79 Å². The van der Waals surface area contributed by atoms with E-state index in [0.717, 1.165) is 0 Å². The number of urea groups is 1. The Labute approximate surface area is 114 Å². The van der Waals surface area contributed by atoms with Gasteiger partial charge in [0.1, 0.15) is 0 Å². The lowest BCUT2D eigenvalue weighted by molar-refractivity contribution is -0.137. The van der Waals surface area contributed by atoms with Crippen molar-refractivity contribution in [2.45, 2.75) is 45.8 Å². The SMILES string of the molecule is CC(CNC(=O)N1CC(C)OC(C)(C)C1)CC(=O)O. The number of carbonyl (C=O) groups is 2. The van der Waals surface area contributed by atoms with Crippen LogP contribution < -0.4 is 5.32 Å². The van der Waals surface area contributed by atoms with Crippen LogP contribution in [0.2, 0.25) is 0 Å². The minimum Gasteiger partial charge on any atom is -0.481 e. The standard InChI is InChI=1S/C13H24N2O4/c1-9(5-11(16)17)6-14-12(18)15-7-10(2)19-13(3,4)8-15/h9-10H,5-8H2,1-4H3,(H,14,18)(H,16,17). The van der Waals surface area contributed by atoms with Crippen LogP contribution in [0.25, 0.3) is 0 Å². The highest BCUT2D eigenvalue weighted by Gasteiger charge is 2.33. The van der Waals surface area contributed by atoms with Crippen LogP contribution in [-0.4, -0.2) is 53.3 Å². The van der Waals surface area contributed by atoms with E-state index in [2.05, 4.69) is 5.32 Å². The molecule has 0 saturated carbocycles. The molecule has 2 atom stereocenters. The molecule has 6 heteroatoms. The number of hydrogen-bond donors (Lipinski definition) is 2. The maximum absolute atomic E-state index is 12.0. The van der Waals surface area contributed by atoms with Crippen LogP contribution in [-0.2, 0) is 9.53 Å². The molecule has 0 radical (unpaired) electrons. The van der Waals surface area contributed by atoms with Gasteiger partial charge >= 0.3 is 12.0 Å². The lowest BCUT2D eigenvalue weighted by Crippen LogP contribution is -2.56. The zero-order valence-electron chi connectivity index (χ0n) is 12.1. The van der Waals surface area contributed by atoms with Gasteiger partial charge in [0.05, 0.1) is 18.2 Å². The second kappa shape index (κ2) is 6.23. The molecule has 2 N–H and O–H groups in total. The Balaban J connectivity index is 2.43. The first kappa shape index (κ1) is 15.8. The number of amides is 2. The van der Waals surface area contributed by atoms with Crippen molar-refractivity contribution in [1.29, 1.82) is 0 Å². The molecule has 110 valence electrons. The highest BCUT2D eigenvalue weighted by Crippen LogP contribution is 2.20. The minimum absolute atomic E-state index is 0.00550. The van der Waals surface area contributed by atoms with Gasteiger partial charge in [0.2, 0.25) is 0 Å². The van der Waals surface area contributed by atoms with Crippen LogP contribution in [0.3, 0.4) is 0 Å². The molecule has 0 spiro atoms. The number of carboxylic acid groups (broad SMARTS) is 1. The van der Waals surface area contributed by atoms with E-state index in [4.69, 9.17) is 9.84 Å². The van der Waals surface area contributed by atoms with Gasteiger partial charge in [-0.2, -0.15) is 0 Å². The molecule has 1 saturated heterocycles. The predicted molar refractivity (Wildman–Crippen MR) is 71.0 cm³/mol. The molecule has 1 fully saturated rings. The van der Waals surface area contributed by atoms with Gasteiger partial charge in [-0.25, -0.2) is 4.79 Å². The molecule has 0 bridgehead atoms. The zero-order chi connectivity index (χ0) is 14.6. The first-order valence-electron chi connectivity index (χ1n) is 6.62. The zero-order valence-corrected chi connectivity index (χ0v) is 12.1. The van der Waals surface area contributed by atoms with Crippen LogP contribution in [0, 0.1) is 5.92 Å². The van der Waals surface area contributed by atoms with Crippen molar-refractivity contribution in [2.75, 3.05) is 19.6 Å². The van der Waals surface area contributed by atoms with Gasteiger partial charge in [0, 0.05) is 19.5 Å². The summed E-state index contributed by atoms with van der Waals surface area (Å²) in [5.41, 5.74) is -0.346. The molecular formula is C13H24N2O4. The van der Waals surface area contributed by atoms with E-state index >= 15 is 0 Å². The summed E-state index contributed by atoms with van der Waals surface area (Å²) in [6.45, 7) is 9.12. The molecule has 1 aliphatic rings. The third-order valence-electron chi connectivity index (χ3n) is 2.98. The van der Waals surface area contributed by atoms with Gasteiger partial charge in [0.25, 0.3) is 0 Å². The highest BCUT2D eigenvalue weighted by atomic mass is 16.5. The Morgan fingerprint density at radius 3 is 2.68 bits per heavy atom. The molecule has 0 aromatic carbocycles. The number of rotatable bonds is 4. The molecule has 1 aliphatic heterocycles. The van der Waals surface area contributed by atoms with Gasteiger partial charge in [-0.05, 0) is 26.7 Å². The quantitative estimate of drug-likeness (QED) is 0.808. The second-order valence-electron chi connectivity index (χ2n) is 5.96. The Morgan fingerprint density at radius 2 is 2.16 bits per heavy atom. The van der Waals surface area contributed by atoms with Gasteiger partial charge in [0.15, 0.2) is 0 Å². The van der Waals surface area contributed by atoms with Crippen molar-refractivity contribution >= 4 is 12.0 Å². The topological polar surface area (TPSA) is 78.9 Å². The van der Waals surface area contributed by atoms with Crippen molar-refractivity contribution in [2.24, 2.45) is 5.92 Å². The summed E-state index contributed by atoms with van der Waals surface area (Å²) in [5.74, 6) is -0.921. The fraction of sp³-hybridized carbons (Fsp3) is 0.846. The first-order valence-corrected chi connectivity index (χ1v) is 6.62. The molecule has 0 aliphatic carbocycles. The van der Waals surface area contributed by atoms with E-state index in [-0.39, 0.29) is 30.1 Å². The maximum atomic E-state index is 12.0. The molecule has 1 heterocycles. The number of hydrogen-bond acceptors (Lipinski definition) is 3. The van der Waals surface area contributed by atoms with Crippen molar-refractivity contribution in [3.8, 4) is 0 Å². The van der Waals surface area contributed by atoms with E-state index in [1.807, 2.05) is 20.8 Å². The summed E-state index contributed by atoms with van der Waals surface area (Å²) in [6, 6.07) is -0.152. The van der Waals surface area contributed by atoms with Crippen molar-refractivity contribution in [1.82, 2.24) is 10.2 Å². The van der Waals surface area contributed by atoms with Gasteiger partial charge in [-0.1, -0.05) is 6.92 Å². The monoisotopic (exact) mass is 272 g/mol. The third-order valence-corrected chi connectivity index (χ3v) is 2.98. The normalized spacial score (nSPS) is 23.8. The summed E-state index contributed by atoms with van der Waals surface area (Å²) < 4.78 is 5.73. The van der Waals surface area contributed by atoms with Crippen LogP contribution in [0.15, 0.2) is 0 Å². The Kier molecular flexibility index (Phi) is 5.17. The van der Waals surface area contributed by atoms with Crippen LogP contribution in [0.1, 0.15) is 34.1 Å². The third kappa shape index (κ3) is 5.46. The maximum Gasteiger partial charge on any atom is 0.317 e. The Hall–Kier alpha value is -1.30. The van der Waals surface area contributed by atoms with E-state index in [9.17, 15) is 9.59 Å². The number of nitrogens with zero attached hydrogens (tertiary/aromatic N) is 1. The fourth-order valence-electron chi connectivity index (χ4n) is 2.35. The number of morpholine rings is 1. The summed E-state index contributed by atoms with van der Waals surface area (Å²) in [7, 11) is 0. The van der Waals surface area contributed by atoms with Gasteiger partial charge in [-0.15, -0.1) is 0 Å². The summed E-state index contributed by atoms with van der Waals surface area (Å²) >= 11 is 0. The summed E-state index contributed by atoms with van der Waals surface area (Å²) in [5, 5.41) is 11.4. The molecule has 2 unspecified atom stereocenters. The van der Waals surface area contributed by atoms with E-state index in [1.54, 1.807) is 11.8 Å².